The predicted octanol–water partition coefficient (Wildman–Crippen LogP) is 6.70. The van der Waals surface area contributed by atoms with E-state index in [1.165, 1.54) is 12.1 Å². The van der Waals surface area contributed by atoms with E-state index in [-0.39, 0.29) is 62.7 Å². The molecule has 12 nitrogen and oxygen atoms in total. The largest absolute Gasteiger partial charge is 0.497 e. The maximum absolute atomic E-state index is 12.5. The van der Waals surface area contributed by atoms with Gasteiger partial charge < -0.3 is 38.6 Å². The zero-order valence-electron chi connectivity index (χ0n) is 32.5. The Morgan fingerprint density at radius 1 is 0.589 bits per heavy atom. The Labute approximate surface area is 326 Å². The van der Waals surface area contributed by atoms with E-state index in [0.717, 1.165) is 11.1 Å². The highest BCUT2D eigenvalue weighted by molar-refractivity contribution is 6.03. The van der Waals surface area contributed by atoms with Crippen LogP contribution >= 0.6 is 0 Å². The molecule has 0 aromatic heterocycles. The molecule has 0 radical (unpaired) electrons. The van der Waals surface area contributed by atoms with Crippen molar-refractivity contribution < 1.29 is 57.8 Å². The number of benzene rings is 4. The van der Waals surface area contributed by atoms with Crippen LogP contribution in [0.25, 0.3) is 0 Å². The van der Waals surface area contributed by atoms with Crippen molar-refractivity contribution >= 4 is 23.5 Å². The average Bonchev–Trinajstić information content (AvgIpc) is 3.81. The van der Waals surface area contributed by atoms with E-state index in [0.29, 0.717) is 56.4 Å². The highest BCUT2D eigenvalue weighted by Crippen LogP contribution is 2.47. The summed E-state index contributed by atoms with van der Waals surface area (Å²) in [4.78, 5) is 49.8. The molecule has 2 N–H and O–H groups in total. The van der Waals surface area contributed by atoms with Crippen LogP contribution < -0.4 is 18.9 Å². The Balaban J connectivity index is 0.000000214. The van der Waals surface area contributed by atoms with Gasteiger partial charge in [-0.2, -0.15) is 0 Å². The zero-order valence-corrected chi connectivity index (χ0v) is 32.5. The fraction of sp³-hybridized carbons (Fsp3) is 0.364. The summed E-state index contributed by atoms with van der Waals surface area (Å²) in [6.07, 6.45) is -0.586. The number of hydrogen-bond acceptors (Lipinski definition) is 12. The topological polar surface area (TPSA) is 164 Å². The third-order valence-corrected chi connectivity index (χ3v) is 9.72. The molecule has 2 aliphatic rings. The summed E-state index contributed by atoms with van der Waals surface area (Å²) in [5.41, 5.74) is 4.39. The van der Waals surface area contributed by atoms with Gasteiger partial charge in [-0.25, -0.2) is 9.59 Å². The number of aliphatic hydroxyl groups is 2. The average molecular weight is 769 g/mol. The molecule has 0 fully saturated rings. The van der Waals surface area contributed by atoms with Crippen LogP contribution in [0.3, 0.4) is 0 Å². The summed E-state index contributed by atoms with van der Waals surface area (Å²) in [6, 6.07) is 21.3. The molecule has 2 aliphatic heterocycles. The van der Waals surface area contributed by atoms with Crippen LogP contribution in [-0.2, 0) is 9.47 Å². The smallest absolute Gasteiger partial charge is 0.338 e. The minimum Gasteiger partial charge on any atom is -0.497 e. The first-order chi connectivity index (χ1) is 27.1. The number of esters is 2. The first-order valence-corrected chi connectivity index (χ1v) is 18.7. The molecule has 4 atom stereocenters. The van der Waals surface area contributed by atoms with Crippen LogP contribution in [0, 0.1) is 0 Å². The van der Waals surface area contributed by atoms with Gasteiger partial charge in [-0.3, -0.25) is 9.59 Å². The molecule has 0 spiro atoms. The Morgan fingerprint density at radius 2 is 0.982 bits per heavy atom. The molecule has 4 aromatic carbocycles. The minimum absolute atomic E-state index is 0.134. The van der Waals surface area contributed by atoms with Crippen LogP contribution in [-0.4, -0.2) is 86.6 Å². The van der Waals surface area contributed by atoms with E-state index >= 15 is 0 Å². The van der Waals surface area contributed by atoms with Crippen LogP contribution in [0.4, 0.5) is 0 Å². The van der Waals surface area contributed by atoms with Gasteiger partial charge in [0.15, 0.2) is 11.6 Å². The molecular formula is C44H48O12. The third-order valence-electron chi connectivity index (χ3n) is 9.72. The molecule has 6 rings (SSSR count). The van der Waals surface area contributed by atoms with Crippen molar-refractivity contribution in [2.24, 2.45) is 0 Å². The van der Waals surface area contributed by atoms with Crippen molar-refractivity contribution in [1.82, 2.24) is 0 Å². The first-order valence-electron chi connectivity index (χ1n) is 18.7. The first kappa shape index (κ1) is 41.4. The van der Waals surface area contributed by atoms with Gasteiger partial charge in [0.1, 0.15) is 35.2 Å². The van der Waals surface area contributed by atoms with Gasteiger partial charge in [0, 0.05) is 24.0 Å². The summed E-state index contributed by atoms with van der Waals surface area (Å²) < 4.78 is 32.8. The Bertz CT molecular complexity index is 1920. The fourth-order valence-corrected chi connectivity index (χ4v) is 7.07. The number of ketones is 2. The predicted molar refractivity (Wildman–Crippen MR) is 207 cm³/mol. The molecule has 4 aromatic rings. The second-order valence-corrected chi connectivity index (χ2v) is 13.1. The second kappa shape index (κ2) is 18.7. The van der Waals surface area contributed by atoms with Gasteiger partial charge in [0.25, 0.3) is 0 Å². The van der Waals surface area contributed by atoms with Crippen LogP contribution in [0.1, 0.15) is 116 Å². The quantitative estimate of drug-likeness (QED) is 0.103. The van der Waals surface area contributed by atoms with Crippen molar-refractivity contribution in [1.29, 1.82) is 0 Å². The van der Waals surface area contributed by atoms with Crippen LogP contribution in [0.5, 0.6) is 23.0 Å². The Morgan fingerprint density at radius 3 is 1.30 bits per heavy atom. The SMILES string of the molecule is CCOC(=O)c1cc(C(=O)CC)c2c(c1)[C@@H](c1cccc(OC)c1)[C@H](CO)O2.CCOC(=O)c1cc(C(=O)CC)c2c(c1)[C@H](c1cccc(OC)c1)[C@@H](CO)O2. The Kier molecular flexibility index (Phi) is 13.9. The molecule has 0 saturated heterocycles. The maximum Gasteiger partial charge on any atom is 0.338 e. The van der Waals surface area contributed by atoms with Crippen molar-refractivity contribution in [3.63, 3.8) is 0 Å². The van der Waals surface area contributed by atoms with E-state index in [4.69, 9.17) is 28.4 Å². The molecule has 2 heterocycles. The van der Waals surface area contributed by atoms with Crippen molar-refractivity contribution in [2.75, 3.05) is 40.6 Å². The summed E-state index contributed by atoms with van der Waals surface area (Å²) in [7, 11) is 3.16. The Hall–Kier alpha value is -5.72. The molecule has 296 valence electrons. The summed E-state index contributed by atoms with van der Waals surface area (Å²) in [5, 5.41) is 19.8. The highest BCUT2D eigenvalue weighted by Gasteiger charge is 2.40. The molecule has 0 unspecified atom stereocenters. The maximum atomic E-state index is 12.5. The van der Waals surface area contributed by atoms with Gasteiger partial charge in [0.2, 0.25) is 0 Å². The van der Waals surface area contributed by atoms with Crippen molar-refractivity contribution in [3.05, 3.63) is 117 Å². The van der Waals surface area contributed by atoms with Gasteiger partial charge in [-0.1, -0.05) is 38.1 Å². The zero-order chi connectivity index (χ0) is 40.5. The highest BCUT2D eigenvalue weighted by atomic mass is 16.5. The normalized spacial score (nSPS) is 17.6. The third kappa shape index (κ3) is 8.56. The summed E-state index contributed by atoms with van der Waals surface area (Å²) >= 11 is 0. The van der Waals surface area contributed by atoms with E-state index in [2.05, 4.69) is 0 Å². The minimum atomic E-state index is -0.567. The van der Waals surface area contributed by atoms with Gasteiger partial charge in [-0.15, -0.1) is 0 Å². The van der Waals surface area contributed by atoms with Gasteiger partial charge in [0.05, 0.1) is 74.7 Å². The summed E-state index contributed by atoms with van der Waals surface area (Å²) in [5.74, 6) is 0.262. The van der Waals surface area contributed by atoms with Crippen LogP contribution in [0.15, 0.2) is 72.8 Å². The number of hydrogen-bond donors (Lipinski definition) is 2. The van der Waals surface area contributed by atoms with E-state index in [1.54, 1.807) is 54.0 Å². The number of aliphatic hydroxyl groups excluding tert-OH is 2. The van der Waals surface area contributed by atoms with Crippen LogP contribution in [0.2, 0.25) is 0 Å². The standard InChI is InChI=1S/2C22H24O6/c2*1-4-18(24)16-10-14(22(25)27-5-2)11-17-20(19(12-23)28-21(16)17)13-7-6-8-15(9-13)26-3/h2*6-11,19-20,23H,4-5,12H2,1-3H3/t2*19-,20+/m10/s1. The number of rotatable bonds is 14. The molecular weight excluding hydrogens is 720 g/mol. The second-order valence-electron chi connectivity index (χ2n) is 13.1. The monoisotopic (exact) mass is 768 g/mol. The molecule has 0 aliphatic carbocycles. The lowest BCUT2D eigenvalue weighted by Crippen LogP contribution is -2.24. The lowest BCUT2D eigenvalue weighted by molar-refractivity contribution is 0.0516. The van der Waals surface area contributed by atoms with Crippen molar-refractivity contribution in [2.45, 2.75) is 64.6 Å². The fourth-order valence-electron chi connectivity index (χ4n) is 7.07. The van der Waals surface area contributed by atoms with E-state index < -0.39 is 24.1 Å². The number of fused-ring (bicyclic) bond motifs is 2. The van der Waals surface area contributed by atoms with Crippen molar-refractivity contribution in [3.8, 4) is 23.0 Å². The summed E-state index contributed by atoms with van der Waals surface area (Å²) in [6.45, 7) is 6.98. The lowest BCUT2D eigenvalue weighted by Gasteiger charge is -2.18. The van der Waals surface area contributed by atoms with E-state index in [9.17, 15) is 29.4 Å². The molecule has 12 heteroatoms. The lowest BCUT2D eigenvalue weighted by atomic mass is 9.86. The molecule has 0 amide bonds. The number of ether oxygens (including phenoxy) is 6. The van der Waals surface area contributed by atoms with Gasteiger partial charge in [-0.05, 0) is 73.5 Å². The molecule has 0 bridgehead atoms. The molecule has 56 heavy (non-hydrogen) atoms. The number of methoxy groups -OCH3 is 2. The number of carbonyl (C=O) groups excluding carboxylic acids is 4. The number of Topliss-reactive ketones (excluding diaryl/α,β-unsaturated/α-hetero) is 2. The van der Waals surface area contributed by atoms with E-state index in [1.807, 2.05) is 48.5 Å². The number of carbonyl (C=O) groups is 4. The van der Waals surface area contributed by atoms with Gasteiger partial charge >= 0.3 is 11.9 Å². The molecule has 0 saturated carbocycles.